The molecule has 1 saturated heterocycles. The van der Waals surface area contributed by atoms with Crippen molar-refractivity contribution >= 4 is 40.0 Å². The summed E-state index contributed by atoms with van der Waals surface area (Å²) in [5.74, 6) is 0.130. The van der Waals surface area contributed by atoms with Gasteiger partial charge in [-0.25, -0.2) is 22.2 Å². The number of nitrogens with one attached hydrogen (secondary N) is 2. The van der Waals surface area contributed by atoms with Gasteiger partial charge in [0.15, 0.2) is 5.96 Å². The topological polar surface area (TPSA) is 73.8 Å². The molecule has 13 heteroatoms. The number of hydrogen-bond acceptors (Lipinski definition) is 3. The predicted molar refractivity (Wildman–Crippen MR) is 90.1 cm³/mol. The van der Waals surface area contributed by atoms with Gasteiger partial charge in [-0.1, -0.05) is 0 Å². The maximum atomic E-state index is 12.5. The van der Waals surface area contributed by atoms with E-state index in [9.17, 15) is 30.4 Å². The van der Waals surface area contributed by atoms with Gasteiger partial charge in [0.1, 0.15) is 6.54 Å². The van der Waals surface area contributed by atoms with Gasteiger partial charge in [-0.05, 0) is 19.8 Å². The lowest BCUT2D eigenvalue weighted by molar-refractivity contribution is -0.0494. The Balaban J connectivity index is 0.00000529. The summed E-state index contributed by atoms with van der Waals surface area (Å²) in [6, 6.07) is -0.342. The molecule has 1 aliphatic rings. The zero-order chi connectivity index (χ0) is 17.7. The third-order valence-corrected chi connectivity index (χ3v) is 4.79. The van der Waals surface area contributed by atoms with Gasteiger partial charge < -0.3 is 10.6 Å². The van der Waals surface area contributed by atoms with Crippen LogP contribution in [0.25, 0.3) is 0 Å². The smallest absolute Gasteiger partial charge is 0.357 e. The lowest BCUT2D eigenvalue weighted by Gasteiger charge is -2.32. The molecule has 0 radical (unpaired) electrons. The fourth-order valence-electron chi connectivity index (χ4n) is 2.06. The molecule has 2 N–H and O–H groups in total. The van der Waals surface area contributed by atoms with Crippen molar-refractivity contribution in [3.63, 3.8) is 0 Å². The number of hydrogen-bond donors (Lipinski definition) is 2. The van der Waals surface area contributed by atoms with Crippen molar-refractivity contribution in [3.8, 4) is 0 Å². The average molecular weight is 494 g/mol. The van der Waals surface area contributed by atoms with Gasteiger partial charge in [0.05, 0.1) is 0 Å². The minimum Gasteiger partial charge on any atom is -0.357 e. The van der Waals surface area contributed by atoms with E-state index in [1.807, 2.05) is 0 Å². The van der Waals surface area contributed by atoms with Crippen molar-refractivity contribution in [2.45, 2.75) is 37.7 Å². The molecule has 0 atom stereocenters. The Kier molecular flexibility index (Phi) is 9.71. The molecule has 1 heterocycles. The summed E-state index contributed by atoms with van der Waals surface area (Å²) in [4.78, 5) is 3.65. The lowest BCUT2D eigenvalue weighted by Crippen LogP contribution is -2.51. The molecule has 24 heavy (non-hydrogen) atoms. The molecule has 0 saturated carbocycles. The van der Waals surface area contributed by atoms with Gasteiger partial charge in [0.25, 0.3) is 6.43 Å². The highest BCUT2D eigenvalue weighted by atomic mass is 127. The van der Waals surface area contributed by atoms with Crippen molar-refractivity contribution in [2.24, 2.45) is 4.99 Å². The number of alkyl halides is 5. The minimum atomic E-state index is -5.32. The van der Waals surface area contributed by atoms with Crippen LogP contribution in [0.5, 0.6) is 0 Å². The molecule has 6 nitrogen and oxygen atoms in total. The molecule has 0 amide bonds. The van der Waals surface area contributed by atoms with Crippen LogP contribution >= 0.6 is 24.0 Å². The molecule has 0 bridgehead atoms. The molecule has 0 aromatic rings. The van der Waals surface area contributed by atoms with E-state index in [4.69, 9.17) is 0 Å². The van der Waals surface area contributed by atoms with Crippen molar-refractivity contribution in [1.82, 2.24) is 14.9 Å². The zero-order valence-electron chi connectivity index (χ0n) is 12.8. The molecule has 1 aliphatic heterocycles. The van der Waals surface area contributed by atoms with Gasteiger partial charge >= 0.3 is 15.5 Å². The second-order valence-electron chi connectivity index (χ2n) is 4.88. The van der Waals surface area contributed by atoms with Gasteiger partial charge in [-0.15, -0.1) is 24.0 Å². The Bertz CT molecular complexity index is 507. The Morgan fingerprint density at radius 1 is 1.29 bits per heavy atom. The Labute approximate surface area is 154 Å². The lowest BCUT2D eigenvalue weighted by atomic mass is 10.1. The molecular formula is C11H20F5IN4O2S. The number of sulfonamides is 1. The van der Waals surface area contributed by atoms with Crippen LogP contribution in [0.1, 0.15) is 19.8 Å². The minimum absolute atomic E-state index is 0. The SMILES string of the molecule is CCNC(=NCC(F)F)NC1CCN(S(=O)(=O)C(F)(F)F)CC1.I. The first-order valence-corrected chi connectivity index (χ1v) is 8.41. The van der Waals surface area contributed by atoms with E-state index in [1.165, 1.54) is 0 Å². The molecule has 1 fully saturated rings. The highest BCUT2D eigenvalue weighted by Gasteiger charge is 2.50. The molecule has 0 aliphatic carbocycles. The van der Waals surface area contributed by atoms with E-state index in [2.05, 4.69) is 15.6 Å². The Hall–Kier alpha value is -0.440. The maximum absolute atomic E-state index is 12.5. The fraction of sp³-hybridized carbons (Fsp3) is 0.909. The van der Waals surface area contributed by atoms with Crippen LogP contribution in [0.3, 0.4) is 0 Å². The van der Waals surface area contributed by atoms with Crippen LogP contribution < -0.4 is 10.6 Å². The summed E-state index contributed by atoms with van der Waals surface area (Å²) in [6.45, 7) is 0.868. The highest BCUT2D eigenvalue weighted by molar-refractivity contribution is 14.0. The third-order valence-electron chi connectivity index (χ3n) is 3.16. The molecule has 0 unspecified atom stereocenters. The second-order valence-corrected chi connectivity index (χ2v) is 6.81. The van der Waals surface area contributed by atoms with E-state index in [0.717, 1.165) is 0 Å². The summed E-state index contributed by atoms with van der Waals surface area (Å²) in [5, 5.41) is 5.57. The Morgan fingerprint density at radius 3 is 2.25 bits per heavy atom. The van der Waals surface area contributed by atoms with Gasteiger partial charge in [-0.2, -0.15) is 17.5 Å². The first kappa shape index (κ1) is 23.6. The molecule has 0 aromatic heterocycles. The molecule has 144 valence electrons. The molecule has 0 aromatic carbocycles. The van der Waals surface area contributed by atoms with Crippen molar-refractivity contribution in [1.29, 1.82) is 0 Å². The van der Waals surface area contributed by atoms with Gasteiger partial charge in [0, 0.05) is 25.7 Å². The average Bonchev–Trinajstić information content (AvgIpc) is 2.44. The first-order valence-electron chi connectivity index (χ1n) is 6.97. The van der Waals surface area contributed by atoms with E-state index < -0.39 is 28.5 Å². The van der Waals surface area contributed by atoms with E-state index in [0.29, 0.717) is 10.8 Å². The van der Waals surface area contributed by atoms with Crippen LogP contribution in [-0.2, 0) is 10.0 Å². The maximum Gasteiger partial charge on any atom is 0.511 e. The van der Waals surface area contributed by atoms with Crippen LogP contribution in [0.2, 0.25) is 0 Å². The van der Waals surface area contributed by atoms with E-state index in [1.54, 1.807) is 6.92 Å². The van der Waals surface area contributed by atoms with Crippen LogP contribution in [0, 0.1) is 0 Å². The largest absolute Gasteiger partial charge is 0.511 e. The molecule has 1 rings (SSSR count). The quantitative estimate of drug-likeness (QED) is 0.265. The predicted octanol–water partition coefficient (Wildman–Crippen LogP) is 1.74. The normalized spacial score (nSPS) is 18.4. The highest BCUT2D eigenvalue weighted by Crippen LogP contribution is 2.28. The number of piperidine rings is 1. The number of guanidine groups is 1. The summed E-state index contributed by atoms with van der Waals surface area (Å²) in [6.07, 6.45) is -2.37. The Morgan fingerprint density at radius 2 is 1.83 bits per heavy atom. The summed E-state index contributed by atoms with van der Waals surface area (Å²) in [7, 11) is -5.32. The second kappa shape index (κ2) is 9.89. The van der Waals surface area contributed by atoms with E-state index in [-0.39, 0.29) is 61.9 Å². The van der Waals surface area contributed by atoms with Crippen LogP contribution in [0.15, 0.2) is 4.99 Å². The first-order chi connectivity index (χ1) is 10.6. The monoisotopic (exact) mass is 494 g/mol. The number of nitrogens with zero attached hydrogens (tertiary/aromatic N) is 2. The number of halogens is 6. The summed E-state index contributed by atoms with van der Waals surface area (Å²) < 4.78 is 84.6. The van der Waals surface area contributed by atoms with Gasteiger partial charge in [0.2, 0.25) is 0 Å². The number of rotatable bonds is 5. The standard InChI is InChI=1S/C11H19F5N4O2S.HI/c1-2-17-10(18-7-9(12)13)19-8-3-5-20(6-4-8)23(21,22)11(14,15)16;/h8-9H,2-7H2,1H3,(H2,17,18,19);1H. The summed E-state index contributed by atoms with van der Waals surface area (Å²) in [5.41, 5.74) is -5.32. The third kappa shape index (κ3) is 6.82. The van der Waals surface area contributed by atoms with Crippen LogP contribution in [-0.4, -0.2) is 62.8 Å². The molecule has 0 spiro atoms. The van der Waals surface area contributed by atoms with Crippen LogP contribution in [0.4, 0.5) is 22.0 Å². The molecular weight excluding hydrogens is 474 g/mol. The van der Waals surface area contributed by atoms with Crippen molar-refractivity contribution in [3.05, 3.63) is 0 Å². The van der Waals surface area contributed by atoms with Crippen molar-refractivity contribution in [2.75, 3.05) is 26.2 Å². The number of aliphatic imine (C=N–C) groups is 1. The van der Waals surface area contributed by atoms with E-state index >= 15 is 0 Å². The van der Waals surface area contributed by atoms with Crippen molar-refractivity contribution < 1.29 is 30.4 Å². The van der Waals surface area contributed by atoms with Gasteiger partial charge in [-0.3, -0.25) is 0 Å². The fourth-order valence-corrected chi connectivity index (χ4v) is 3.04. The zero-order valence-corrected chi connectivity index (χ0v) is 16.0. The summed E-state index contributed by atoms with van der Waals surface area (Å²) >= 11 is 0.